The smallest absolute Gasteiger partial charge is 0.0780 e. The molecule has 4 heteroatoms. The van der Waals surface area contributed by atoms with Crippen molar-refractivity contribution in [2.75, 3.05) is 33.0 Å². The van der Waals surface area contributed by atoms with Gasteiger partial charge in [0.2, 0.25) is 0 Å². The van der Waals surface area contributed by atoms with Gasteiger partial charge in [0.25, 0.3) is 0 Å². The maximum absolute atomic E-state index is 5.51. The lowest BCUT2D eigenvalue weighted by molar-refractivity contribution is -0.0205. The molecule has 0 amide bonds. The zero-order chi connectivity index (χ0) is 10.8. The summed E-state index contributed by atoms with van der Waals surface area (Å²) in [5.74, 6) is 0. The van der Waals surface area contributed by atoms with Crippen LogP contribution < -0.4 is 5.73 Å². The summed E-state index contributed by atoms with van der Waals surface area (Å²) < 4.78 is 15.9. The summed E-state index contributed by atoms with van der Waals surface area (Å²) in [4.78, 5) is 0. The number of hydrogen-bond acceptors (Lipinski definition) is 4. The van der Waals surface area contributed by atoms with Crippen LogP contribution >= 0.6 is 0 Å². The van der Waals surface area contributed by atoms with Gasteiger partial charge in [-0.1, -0.05) is 0 Å². The van der Waals surface area contributed by atoms with E-state index in [9.17, 15) is 0 Å². The molecule has 14 heavy (non-hydrogen) atoms. The summed E-state index contributed by atoms with van der Waals surface area (Å²) >= 11 is 0. The van der Waals surface area contributed by atoms with Crippen LogP contribution in [-0.4, -0.2) is 45.2 Å². The maximum Gasteiger partial charge on any atom is 0.0780 e. The van der Waals surface area contributed by atoms with Crippen LogP contribution in [0.25, 0.3) is 0 Å². The first kappa shape index (κ1) is 13.8. The minimum atomic E-state index is 0.0948. The van der Waals surface area contributed by atoms with Crippen molar-refractivity contribution in [1.29, 1.82) is 0 Å². The van der Waals surface area contributed by atoms with Crippen LogP contribution in [-0.2, 0) is 14.2 Å². The zero-order valence-corrected chi connectivity index (χ0v) is 9.49. The lowest BCUT2D eigenvalue weighted by atomic mass is 10.4. The lowest BCUT2D eigenvalue weighted by Gasteiger charge is -2.12. The molecule has 0 spiro atoms. The van der Waals surface area contributed by atoms with Gasteiger partial charge in [0, 0.05) is 12.6 Å². The van der Waals surface area contributed by atoms with Gasteiger partial charge < -0.3 is 19.9 Å². The highest BCUT2D eigenvalue weighted by Gasteiger charge is 2.00. The number of ether oxygens (including phenoxy) is 3. The lowest BCUT2D eigenvalue weighted by Crippen LogP contribution is -2.23. The van der Waals surface area contributed by atoms with Gasteiger partial charge in [-0.25, -0.2) is 0 Å². The first-order chi connectivity index (χ1) is 6.66. The zero-order valence-electron chi connectivity index (χ0n) is 9.49. The molecule has 0 rings (SSSR count). The van der Waals surface area contributed by atoms with Gasteiger partial charge in [0.05, 0.1) is 32.5 Å². The summed E-state index contributed by atoms with van der Waals surface area (Å²) in [5, 5.41) is 0. The molecule has 0 bridgehead atoms. The molecule has 0 aromatic rings. The second-order valence-electron chi connectivity index (χ2n) is 3.39. The molecule has 0 aliphatic carbocycles. The maximum atomic E-state index is 5.51. The fraction of sp³-hybridized carbons (Fsp3) is 1.00. The number of rotatable bonds is 9. The molecule has 0 aromatic heterocycles. The van der Waals surface area contributed by atoms with Crippen molar-refractivity contribution in [3.05, 3.63) is 0 Å². The van der Waals surface area contributed by atoms with Crippen molar-refractivity contribution in [3.63, 3.8) is 0 Å². The molecule has 2 N–H and O–H groups in total. The minimum Gasteiger partial charge on any atom is -0.377 e. The fourth-order valence-electron chi connectivity index (χ4n) is 0.969. The number of nitrogens with two attached hydrogens (primary N) is 1. The van der Waals surface area contributed by atoms with Gasteiger partial charge >= 0.3 is 0 Å². The van der Waals surface area contributed by atoms with Crippen LogP contribution in [0.1, 0.15) is 20.8 Å². The molecule has 0 radical (unpaired) electrons. The van der Waals surface area contributed by atoms with Gasteiger partial charge in [-0.3, -0.25) is 0 Å². The Labute approximate surface area is 86.7 Å². The monoisotopic (exact) mass is 205 g/mol. The second-order valence-corrected chi connectivity index (χ2v) is 3.39. The Bertz CT molecular complexity index is 120. The SMILES string of the molecule is CCOC(C)COCCOCC(C)N. The fourth-order valence-corrected chi connectivity index (χ4v) is 0.969. The van der Waals surface area contributed by atoms with Gasteiger partial charge in [0.15, 0.2) is 0 Å². The van der Waals surface area contributed by atoms with E-state index in [1.165, 1.54) is 0 Å². The summed E-state index contributed by atoms with van der Waals surface area (Å²) in [7, 11) is 0. The average molecular weight is 205 g/mol. The molecule has 0 fully saturated rings. The van der Waals surface area contributed by atoms with E-state index in [-0.39, 0.29) is 12.1 Å². The molecule has 4 nitrogen and oxygen atoms in total. The molecule has 0 aliphatic heterocycles. The summed E-state index contributed by atoms with van der Waals surface area (Å²) in [6.45, 7) is 9.02. The standard InChI is InChI=1S/C10H23NO3/c1-4-14-10(3)8-13-6-5-12-7-9(2)11/h9-10H,4-8,11H2,1-3H3. The highest BCUT2D eigenvalue weighted by molar-refractivity contribution is 4.49. The van der Waals surface area contributed by atoms with Crippen molar-refractivity contribution in [1.82, 2.24) is 0 Å². The molecule has 0 saturated carbocycles. The van der Waals surface area contributed by atoms with E-state index >= 15 is 0 Å². The van der Waals surface area contributed by atoms with E-state index in [0.29, 0.717) is 26.4 Å². The Balaban J connectivity index is 3.05. The summed E-state index contributed by atoms with van der Waals surface area (Å²) in [6.07, 6.45) is 0.161. The first-order valence-electron chi connectivity index (χ1n) is 5.19. The molecule has 0 aromatic carbocycles. The van der Waals surface area contributed by atoms with E-state index in [2.05, 4.69) is 0 Å². The summed E-state index contributed by atoms with van der Waals surface area (Å²) in [5.41, 5.74) is 5.51. The molecule has 0 heterocycles. The van der Waals surface area contributed by atoms with Gasteiger partial charge in [-0.2, -0.15) is 0 Å². The van der Waals surface area contributed by atoms with Crippen molar-refractivity contribution in [2.24, 2.45) is 5.73 Å². The molecule has 2 unspecified atom stereocenters. The highest BCUT2D eigenvalue weighted by atomic mass is 16.5. The van der Waals surface area contributed by atoms with Crippen LogP contribution in [0, 0.1) is 0 Å². The van der Waals surface area contributed by atoms with Crippen LogP contribution in [0.15, 0.2) is 0 Å². The van der Waals surface area contributed by atoms with Crippen molar-refractivity contribution in [3.8, 4) is 0 Å². The predicted molar refractivity (Wildman–Crippen MR) is 56.4 cm³/mol. The Hall–Kier alpha value is -0.160. The van der Waals surface area contributed by atoms with Gasteiger partial charge in [0.1, 0.15) is 0 Å². The first-order valence-corrected chi connectivity index (χ1v) is 5.19. The van der Waals surface area contributed by atoms with E-state index < -0.39 is 0 Å². The van der Waals surface area contributed by atoms with Gasteiger partial charge in [-0.05, 0) is 20.8 Å². The average Bonchev–Trinajstić information content (AvgIpc) is 2.11. The Kier molecular flexibility index (Phi) is 9.29. The molecule has 86 valence electrons. The molecular weight excluding hydrogens is 182 g/mol. The van der Waals surface area contributed by atoms with Crippen molar-refractivity contribution < 1.29 is 14.2 Å². The second kappa shape index (κ2) is 9.40. The van der Waals surface area contributed by atoms with Crippen LogP contribution in [0.4, 0.5) is 0 Å². The van der Waals surface area contributed by atoms with E-state index in [1.54, 1.807) is 0 Å². The largest absolute Gasteiger partial charge is 0.377 e. The van der Waals surface area contributed by atoms with Crippen molar-refractivity contribution in [2.45, 2.75) is 32.9 Å². The molecule has 2 atom stereocenters. The Morgan fingerprint density at radius 3 is 2.14 bits per heavy atom. The summed E-state index contributed by atoms with van der Waals surface area (Å²) in [6, 6.07) is 0.0948. The third-order valence-corrected chi connectivity index (χ3v) is 1.56. The molecule has 0 saturated heterocycles. The molecule has 0 aliphatic rings. The third kappa shape index (κ3) is 9.92. The topological polar surface area (TPSA) is 53.7 Å². The van der Waals surface area contributed by atoms with Crippen LogP contribution in [0.3, 0.4) is 0 Å². The Morgan fingerprint density at radius 2 is 1.64 bits per heavy atom. The van der Waals surface area contributed by atoms with Crippen LogP contribution in [0.5, 0.6) is 0 Å². The highest BCUT2D eigenvalue weighted by Crippen LogP contribution is 1.91. The van der Waals surface area contributed by atoms with E-state index in [1.807, 2.05) is 20.8 Å². The van der Waals surface area contributed by atoms with Gasteiger partial charge in [-0.15, -0.1) is 0 Å². The van der Waals surface area contributed by atoms with E-state index in [4.69, 9.17) is 19.9 Å². The van der Waals surface area contributed by atoms with Crippen molar-refractivity contribution >= 4 is 0 Å². The van der Waals surface area contributed by atoms with Crippen LogP contribution in [0.2, 0.25) is 0 Å². The quantitative estimate of drug-likeness (QED) is 0.565. The number of hydrogen-bond donors (Lipinski definition) is 1. The minimum absolute atomic E-state index is 0.0948. The van der Waals surface area contributed by atoms with E-state index in [0.717, 1.165) is 6.61 Å². The third-order valence-electron chi connectivity index (χ3n) is 1.56. The Morgan fingerprint density at radius 1 is 1.07 bits per heavy atom. The normalized spacial score (nSPS) is 15.4. The molecular formula is C10H23NO3. The predicted octanol–water partition coefficient (Wildman–Crippen LogP) is 0.792.